The standard InChI is InChI=1S/C26H20O5/c1-2-24(27)31-23(17-8-4-3-5-9-17)16-30-25-21-11-7-6-10-18(21)14-19-12-13-20(26(28)29)15-22(19)25/h2-15,23H,1,16H2,(H,28,29). The molecule has 4 aromatic carbocycles. The number of fused-ring (bicyclic) bond motifs is 2. The van der Waals surface area contributed by atoms with Gasteiger partial charge in [-0.1, -0.05) is 67.2 Å². The minimum atomic E-state index is -1.01. The molecule has 0 aliphatic carbocycles. The topological polar surface area (TPSA) is 72.8 Å². The highest BCUT2D eigenvalue weighted by atomic mass is 16.6. The van der Waals surface area contributed by atoms with Crippen molar-refractivity contribution in [2.75, 3.05) is 6.61 Å². The molecule has 0 amide bonds. The molecule has 5 nitrogen and oxygen atoms in total. The summed E-state index contributed by atoms with van der Waals surface area (Å²) in [6.07, 6.45) is 0.464. The number of benzene rings is 4. The summed E-state index contributed by atoms with van der Waals surface area (Å²) >= 11 is 0. The fourth-order valence-electron chi connectivity index (χ4n) is 3.52. The van der Waals surface area contributed by atoms with Crippen molar-refractivity contribution >= 4 is 33.5 Å². The van der Waals surface area contributed by atoms with Crippen LogP contribution in [0.1, 0.15) is 22.0 Å². The molecule has 4 aromatic rings. The second-order valence-electron chi connectivity index (χ2n) is 7.02. The lowest BCUT2D eigenvalue weighted by molar-refractivity contribution is -0.144. The maximum atomic E-state index is 11.9. The van der Waals surface area contributed by atoms with Gasteiger partial charge in [0.05, 0.1) is 5.56 Å². The fraction of sp³-hybridized carbons (Fsp3) is 0.0769. The first-order chi connectivity index (χ1) is 15.1. The Morgan fingerprint density at radius 2 is 1.61 bits per heavy atom. The Bertz CT molecular complexity index is 1280. The molecule has 0 aromatic heterocycles. The monoisotopic (exact) mass is 412 g/mol. The van der Waals surface area contributed by atoms with Crippen molar-refractivity contribution < 1.29 is 24.2 Å². The zero-order valence-corrected chi connectivity index (χ0v) is 16.7. The third kappa shape index (κ3) is 4.26. The van der Waals surface area contributed by atoms with Crippen molar-refractivity contribution in [1.29, 1.82) is 0 Å². The summed E-state index contributed by atoms with van der Waals surface area (Å²) in [6, 6.07) is 24.0. The number of carbonyl (C=O) groups excluding carboxylic acids is 1. The number of carbonyl (C=O) groups is 2. The van der Waals surface area contributed by atoms with Gasteiger partial charge in [0.2, 0.25) is 0 Å². The summed E-state index contributed by atoms with van der Waals surface area (Å²) in [5.41, 5.74) is 0.957. The number of ether oxygens (including phenoxy) is 2. The number of carboxylic acids is 1. The molecule has 1 N–H and O–H groups in total. The number of hydrogen-bond donors (Lipinski definition) is 1. The van der Waals surface area contributed by atoms with E-state index in [9.17, 15) is 14.7 Å². The SMILES string of the molecule is C=CC(=O)OC(COc1c2ccccc2cc2ccc(C(=O)O)cc12)c1ccccc1. The maximum absolute atomic E-state index is 11.9. The molecule has 0 fully saturated rings. The summed E-state index contributed by atoms with van der Waals surface area (Å²) in [6.45, 7) is 3.52. The van der Waals surface area contributed by atoms with Crippen molar-refractivity contribution in [1.82, 2.24) is 0 Å². The van der Waals surface area contributed by atoms with Crippen molar-refractivity contribution in [3.63, 3.8) is 0 Å². The van der Waals surface area contributed by atoms with Gasteiger partial charge in [-0.15, -0.1) is 0 Å². The van der Waals surface area contributed by atoms with Gasteiger partial charge < -0.3 is 14.6 Å². The molecule has 0 heterocycles. The van der Waals surface area contributed by atoms with Gasteiger partial charge in [-0.3, -0.25) is 0 Å². The van der Waals surface area contributed by atoms with Gasteiger partial charge in [-0.05, 0) is 34.5 Å². The molecule has 5 heteroatoms. The van der Waals surface area contributed by atoms with Crippen LogP contribution in [0.25, 0.3) is 21.5 Å². The lowest BCUT2D eigenvalue weighted by atomic mass is 10.00. The lowest BCUT2D eigenvalue weighted by Gasteiger charge is -2.20. The van der Waals surface area contributed by atoms with Crippen LogP contribution in [-0.4, -0.2) is 23.7 Å². The van der Waals surface area contributed by atoms with Crippen molar-refractivity contribution in [3.8, 4) is 5.75 Å². The van der Waals surface area contributed by atoms with E-state index in [2.05, 4.69) is 6.58 Å². The average molecular weight is 412 g/mol. The Kier molecular flexibility index (Phi) is 5.67. The van der Waals surface area contributed by atoms with E-state index in [1.165, 1.54) is 0 Å². The van der Waals surface area contributed by atoms with Crippen molar-refractivity contribution in [2.24, 2.45) is 0 Å². The van der Waals surface area contributed by atoms with Crippen molar-refractivity contribution in [3.05, 3.63) is 103 Å². The molecule has 154 valence electrons. The molecule has 0 aliphatic rings. The number of esters is 1. The van der Waals surface area contributed by atoms with E-state index >= 15 is 0 Å². The minimum absolute atomic E-state index is 0.0595. The van der Waals surface area contributed by atoms with Crippen LogP contribution >= 0.6 is 0 Å². The predicted octanol–water partition coefficient (Wildman–Crippen LogP) is 5.54. The number of aromatic carboxylic acids is 1. The first-order valence-electron chi connectivity index (χ1n) is 9.76. The van der Waals surface area contributed by atoms with Gasteiger partial charge in [0.15, 0.2) is 6.10 Å². The third-order valence-corrected chi connectivity index (χ3v) is 5.04. The first-order valence-corrected chi connectivity index (χ1v) is 9.76. The molecule has 0 saturated carbocycles. The Labute approximate surface area is 179 Å². The maximum Gasteiger partial charge on any atom is 0.335 e. The second-order valence-corrected chi connectivity index (χ2v) is 7.02. The highest BCUT2D eigenvalue weighted by Gasteiger charge is 2.19. The van der Waals surface area contributed by atoms with Gasteiger partial charge in [-0.25, -0.2) is 9.59 Å². The van der Waals surface area contributed by atoms with Gasteiger partial charge in [0.1, 0.15) is 12.4 Å². The molecule has 0 spiro atoms. The highest BCUT2D eigenvalue weighted by Crippen LogP contribution is 2.36. The summed E-state index contributed by atoms with van der Waals surface area (Å²) in [5.74, 6) is -1.01. The van der Waals surface area contributed by atoms with E-state index in [0.29, 0.717) is 11.1 Å². The summed E-state index contributed by atoms with van der Waals surface area (Å²) < 4.78 is 11.7. The van der Waals surface area contributed by atoms with Crippen LogP contribution < -0.4 is 4.74 Å². The van der Waals surface area contributed by atoms with Gasteiger partial charge in [0, 0.05) is 16.8 Å². The Morgan fingerprint density at radius 1 is 0.903 bits per heavy atom. The van der Waals surface area contributed by atoms with Crippen LogP contribution in [0, 0.1) is 0 Å². The van der Waals surface area contributed by atoms with E-state index in [1.807, 2.05) is 60.7 Å². The van der Waals surface area contributed by atoms with Crippen LogP contribution in [0.5, 0.6) is 5.75 Å². The lowest BCUT2D eigenvalue weighted by Crippen LogP contribution is -2.17. The molecule has 1 unspecified atom stereocenters. The zero-order chi connectivity index (χ0) is 21.8. The van der Waals surface area contributed by atoms with Gasteiger partial charge in [0.25, 0.3) is 0 Å². The number of carboxylic acid groups (broad SMARTS) is 1. The molecule has 1 atom stereocenters. The Hall–Kier alpha value is -4.12. The Balaban J connectivity index is 1.79. The number of rotatable bonds is 7. The quantitative estimate of drug-likeness (QED) is 0.245. The van der Waals surface area contributed by atoms with Crippen LogP contribution in [0.15, 0.2) is 91.5 Å². The fourth-order valence-corrected chi connectivity index (χ4v) is 3.52. The number of hydrogen-bond acceptors (Lipinski definition) is 4. The highest BCUT2D eigenvalue weighted by molar-refractivity contribution is 6.07. The normalized spacial score (nSPS) is 11.7. The minimum Gasteiger partial charge on any atom is -0.488 e. The van der Waals surface area contributed by atoms with Crippen LogP contribution in [0.3, 0.4) is 0 Å². The van der Waals surface area contributed by atoms with Gasteiger partial charge in [-0.2, -0.15) is 0 Å². The molecule has 0 bridgehead atoms. The summed E-state index contributed by atoms with van der Waals surface area (Å²) in [5, 5.41) is 12.8. The van der Waals surface area contributed by atoms with Crippen molar-refractivity contribution in [2.45, 2.75) is 6.10 Å². The Morgan fingerprint density at radius 3 is 2.35 bits per heavy atom. The van der Waals surface area contributed by atoms with Crippen LogP contribution in [-0.2, 0) is 9.53 Å². The van der Waals surface area contributed by atoms with E-state index < -0.39 is 18.0 Å². The molecule has 4 rings (SSSR count). The first kappa shape index (κ1) is 20.2. The molecule has 31 heavy (non-hydrogen) atoms. The molecule has 0 aliphatic heterocycles. The predicted molar refractivity (Wildman–Crippen MR) is 119 cm³/mol. The van der Waals surface area contributed by atoms with E-state index in [1.54, 1.807) is 18.2 Å². The van der Waals surface area contributed by atoms with Crippen LogP contribution in [0.4, 0.5) is 0 Å². The molecular formula is C26H20O5. The third-order valence-electron chi connectivity index (χ3n) is 5.04. The molecular weight excluding hydrogens is 392 g/mol. The van der Waals surface area contributed by atoms with Gasteiger partial charge >= 0.3 is 11.9 Å². The van der Waals surface area contributed by atoms with E-state index in [4.69, 9.17) is 9.47 Å². The summed E-state index contributed by atoms with van der Waals surface area (Å²) in [7, 11) is 0. The molecule has 0 radical (unpaired) electrons. The summed E-state index contributed by atoms with van der Waals surface area (Å²) in [4.78, 5) is 23.4. The van der Waals surface area contributed by atoms with E-state index in [0.717, 1.165) is 27.8 Å². The second kappa shape index (κ2) is 8.71. The zero-order valence-electron chi connectivity index (χ0n) is 16.7. The van der Waals surface area contributed by atoms with Crippen LogP contribution in [0.2, 0.25) is 0 Å². The molecule has 0 saturated heterocycles. The van der Waals surface area contributed by atoms with E-state index in [-0.39, 0.29) is 12.2 Å². The largest absolute Gasteiger partial charge is 0.488 e. The smallest absolute Gasteiger partial charge is 0.335 e. The average Bonchev–Trinajstić information content (AvgIpc) is 2.80.